The van der Waals surface area contributed by atoms with Gasteiger partial charge in [-0.3, -0.25) is 19.4 Å². The van der Waals surface area contributed by atoms with Gasteiger partial charge in [0.1, 0.15) is 12.4 Å². The number of benzene rings is 2. The second-order valence-electron chi connectivity index (χ2n) is 11.3. The van der Waals surface area contributed by atoms with E-state index < -0.39 is 19.1 Å². The standard InChI is InChI=1S/C34H38BN5O6/c1-3-14-40(15-4-2)34(43)25-16-23-10-11-24(17-28(23)39-30(36)18-25)33(42)38-26-19-27-32(37-20-26)29(46-35(27)44)12-13-31(41)45-21-22-8-6-5-7-9-22/h5-11,16-17,19-20,29,44H,3-4,12-15,18,21H2,1-2H3,(H2,36,39)(H,38,42). The molecule has 2 aliphatic heterocycles. The van der Waals surface area contributed by atoms with Crippen molar-refractivity contribution in [1.82, 2.24) is 9.88 Å². The van der Waals surface area contributed by atoms with Crippen molar-refractivity contribution in [3.8, 4) is 0 Å². The number of ether oxygens (including phenoxy) is 1. The predicted octanol–water partition coefficient (Wildman–Crippen LogP) is 4.04. The number of aromatic nitrogens is 1. The van der Waals surface area contributed by atoms with Crippen LogP contribution >= 0.6 is 0 Å². The fourth-order valence-corrected chi connectivity index (χ4v) is 5.52. The first-order valence-corrected chi connectivity index (χ1v) is 15.6. The average Bonchev–Trinajstić information content (AvgIpc) is 3.26. The Morgan fingerprint density at radius 1 is 1.11 bits per heavy atom. The van der Waals surface area contributed by atoms with Crippen LogP contribution in [0.25, 0.3) is 6.08 Å². The molecule has 0 bridgehead atoms. The van der Waals surface area contributed by atoms with Crippen LogP contribution in [0.2, 0.25) is 0 Å². The Labute approximate surface area is 268 Å². The van der Waals surface area contributed by atoms with Crippen molar-refractivity contribution in [3.63, 3.8) is 0 Å². The normalized spacial score (nSPS) is 15.2. The summed E-state index contributed by atoms with van der Waals surface area (Å²) in [6, 6.07) is 16.0. The number of rotatable bonds is 12. The molecule has 1 unspecified atom stereocenters. The van der Waals surface area contributed by atoms with Crippen LogP contribution in [0.15, 0.2) is 71.4 Å². The molecule has 0 aliphatic carbocycles. The molecule has 11 nitrogen and oxygen atoms in total. The van der Waals surface area contributed by atoms with Crippen LogP contribution in [0.4, 0.5) is 11.4 Å². The van der Waals surface area contributed by atoms with Gasteiger partial charge in [-0.05, 0) is 49.1 Å². The van der Waals surface area contributed by atoms with Crippen LogP contribution in [0, 0.1) is 0 Å². The van der Waals surface area contributed by atoms with Crippen molar-refractivity contribution in [2.45, 2.75) is 58.7 Å². The summed E-state index contributed by atoms with van der Waals surface area (Å²) in [6.07, 6.45) is 5.00. The van der Waals surface area contributed by atoms with E-state index in [-0.39, 0.29) is 37.7 Å². The number of pyridine rings is 1. The van der Waals surface area contributed by atoms with Gasteiger partial charge in [0.15, 0.2) is 0 Å². The Balaban J connectivity index is 1.23. The van der Waals surface area contributed by atoms with Gasteiger partial charge < -0.3 is 30.4 Å². The van der Waals surface area contributed by atoms with E-state index in [1.807, 2.05) is 49.1 Å². The van der Waals surface area contributed by atoms with E-state index in [1.54, 1.807) is 30.3 Å². The van der Waals surface area contributed by atoms with Gasteiger partial charge in [0.25, 0.3) is 5.91 Å². The smallest absolute Gasteiger partial charge is 0.461 e. The second kappa shape index (κ2) is 15.0. The fourth-order valence-electron chi connectivity index (χ4n) is 5.52. The fraction of sp³-hybridized carbons (Fsp3) is 0.324. The van der Waals surface area contributed by atoms with Crippen LogP contribution in [0.1, 0.15) is 79.2 Å². The maximum atomic E-state index is 13.3. The van der Waals surface area contributed by atoms with Gasteiger partial charge in [-0.15, -0.1) is 0 Å². The highest BCUT2D eigenvalue weighted by Gasteiger charge is 2.37. The van der Waals surface area contributed by atoms with Crippen LogP contribution < -0.4 is 16.5 Å². The van der Waals surface area contributed by atoms with E-state index in [0.717, 1.165) is 18.4 Å². The molecule has 12 heteroatoms. The van der Waals surface area contributed by atoms with Crippen LogP contribution in [-0.4, -0.2) is 58.7 Å². The molecule has 0 saturated carbocycles. The third-order valence-corrected chi connectivity index (χ3v) is 7.73. The number of aliphatic imine (C=N–C) groups is 1. The second-order valence-corrected chi connectivity index (χ2v) is 11.3. The van der Waals surface area contributed by atoms with Crippen molar-refractivity contribution in [3.05, 3.63) is 88.8 Å². The largest absolute Gasteiger partial charge is 0.493 e. The van der Waals surface area contributed by atoms with Gasteiger partial charge >= 0.3 is 13.1 Å². The van der Waals surface area contributed by atoms with Crippen molar-refractivity contribution in [1.29, 1.82) is 0 Å². The van der Waals surface area contributed by atoms with E-state index >= 15 is 0 Å². The summed E-state index contributed by atoms with van der Waals surface area (Å²) in [4.78, 5) is 49.5. The molecule has 5 rings (SSSR count). The van der Waals surface area contributed by atoms with Gasteiger partial charge in [-0.2, -0.15) is 0 Å². The van der Waals surface area contributed by atoms with Crippen molar-refractivity contribution in [2.75, 3.05) is 18.4 Å². The maximum absolute atomic E-state index is 13.3. The number of fused-ring (bicyclic) bond motifs is 2. The summed E-state index contributed by atoms with van der Waals surface area (Å²) in [7, 11) is -1.25. The number of hydrogen-bond donors (Lipinski definition) is 3. The zero-order chi connectivity index (χ0) is 32.6. The van der Waals surface area contributed by atoms with Gasteiger partial charge in [0.05, 0.1) is 29.4 Å². The lowest BCUT2D eigenvalue weighted by Crippen LogP contribution is -2.34. The minimum absolute atomic E-state index is 0.0583. The van der Waals surface area contributed by atoms with Gasteiger partial charge in [0, 0.05) is 48.1 Å². The molecule has 2 aromatic carbocycles. The van der Waals surface area contributed by atoms with Crippen LogP contribution in [0.5, 0.6) is 0 Å². The lowest BCUT2D eigenvalue weighted by molar-refractivity contribution is -0.145. The monoisotopic (exact) mass is 623 g/mol. The molecule has 0 radical (unpaired) electrons. The van der Waals surface area contributed by atoms with E-state index in [9.17, 15) is 19.4 Å². The van der Waals surface area contributed by atoms with Gasteiger partial charge in [-0.25, -0.2) is 4.99 Å². The van der Waals surface area contributed by atoms with E-state index in [0.29, 0.717) is 58.2 Å². The van der Waals surface area contributed by atoms with Crippen LogP contribution in [-0.2, 0) is 25.6 Å². The number of carbonyl (C=O) groups is 3. The van der Waals surface area contributed by atoms with Crippen molar-refractivity contribution < 1.29 is 28.8 Å². The Hall–Kier alpha value is -4.81. The molecular weight excluding hydrogens is 585 g/mol. The first kappa shape index (κ1) is 32.6. The quantitative estimate of drug-likeness (QED) is 0.202. The molecule has 0 saturated heterocycles. The molecule has 238 valence electrons. The molecule has 0 spiro atoms. The molecule has 2 aliphatic rings. The number of nitrogens with one attached hydrogen (secondary N) is 1. The van der Waals surface area contributed by atoms with E-state index in [4.69, 9.17) is 15.1 Å². The van der Waals surface area contributed by atoms with Crippen molar-refractivity contribution >= 4 is 53.7 Å². The third kappa shape index (κ3) is 7.88. The molecular formula is C34H38BN5O6. The minimum Gasteiger partial charge on any atom is -0.461 e. The van der Waals surface area contributed by atoms with Crippen LogP contribution in [0.3, 0.4) is 0 Å². The molecule has 46 heavy (non-hydrogen) atoms. The number of amidine groups is 1. The zero-order valence-corrected chi connectivity index (χ0v) is 26.1. The highest BCUT2D eigenvalue weighted by molar-refractivity contribution is 6.61. The predicted molar refractivity (Wildman–Crippen MR) is 177 cm³/mol. The SMILES string of the molecule is CCCN(CCC)C(=O)C1=Cc2ccc(C(=O)Nc3cnc4c(c3)B(O)OC4CCC(=O)OCc3ccccc3)cc2N=C(N)C1. The zero-order valence-electron chi connectivity index (χ0n) is 26.1. The number of nitrogens with zero attached hydrogens (tertiary/aromatic N) is 3. The molecule has 1 atom stereocenters. The summed E-state index contributed by atoms with van der Waals surface area (Å²) >= 11 is 0. The summed E-state index contributed by atoms with van der Waals surface area (Å²) in [5.74, 6) is -0.554. The molecule has 1 aromatic heterocycles. The lowest BCUT2D eigenvalue weighted by atomic mass is 9.81. The molecule has 3 heterocycles. The third-order valence-electron chi connectivity index (χ3n) is 7.73. The highest BCUT2D eigenvalue weighted by atomic mass is 16.5. The topological polar surface area (TPSA) is 156 Å². The number of hydrogen-bond acceptors (Lipinski definition) is 9. The van der Waals surface area contributed by atoms with E-state index in [2.05, 4.69) is 15.3 Å². The maximum Gasteiger partial charge on any atom is 0.493 e. The van der Waals surface area contributed by atoms with Gasteiger partial charge in [0.2, 0.25) is 5.91 Å². The Kier molecular flexibility index (Phi) is 10.6. The lowest BCUT2D eigenvalue weighted by Gasteiger charge is -2.22. The van der Waals surface area contributed by atoms with E-state index in [1.165, 1.54) is 6.20 Å². The Bertz CT molecular complexity index is 1650. The summed E-state index contributed by atoms with van der Waals surface area (Å²) in [5, 5.41) is 13.3. The summed E-state index contributed by atoms with van der Waals surface area (Å²) < 4.78 is 11.0. The number of esters is 1. The van der Waals surface area contributed by atoms with Crippen molar-refractivity contribution in [2.24, 2.45) is 10.7 Å². The Morgan fingerprint density at radius 2 is 1.87 bits per heavy atom. The number of carbonyl (C=O) groups excluding carboxylic acids is 3. The molecule has 4 N–H and O–H groups in total. The first-order valence-electron chi connectivity index (χ1n) is 15.6. The highest BCUT2D eigenvalue weighted by Crippen LogP contribution is 2.30. The summed E-state index contributed by atoms with van der Waals surface area (Å²) in [6.45, 7) is 5.59. The molecule has 2 amide bonds. The van der Waals surface area contributed by atoms with Gasteiger partial charge in [-0.1, -0.05) is 50.2 Å². The molecule has 0 fully saturated rings. The minimum atomic E-state index is -1.25. The number of amides is 2. The Morgan fingerprint density at radius 3 is 2.61 bits per heavy atom. The average molecular weight is 624 g/mol. The number of anilines is 1. The number of nitrogens with two attached hydrogens (primary N) is 1. The first-order chi connectivity index (χ1) is 22.2. The summed E-state index contributed by atoms with van der Waals surface area (Å²) in [5.41, 5.74) is 10.5. The molecule has 3 aromatic rings.